The van der Waals surface area contributed by atoms with E-state index in [2.05, 4.69) is 15.5 Å². The summed E-state index contributed by atoms with van der Waals surface area (Å²) in [6.45, 7) is 4.05. The van der Waals surface area contributed by atoms with Crippen LogP contribution in [0.2, 0.25) is 0 Å². The van der Waals surface area contributed by atoms with E-state index >= 15 is 0 Å². The zero-order valence-corrected chi connectivity index (χ0v) is 14.3. The van der Waals surface area contributed by atoms with Crippen molar-refractivity contribution in [1.82, 2.24) is 15.5 Å². The molecule has 0 aliphatic rings. The Labute approximate surface area is 141 Å². The van der Waals surface area contributed by atoms with Crippen LogP contribution in [0.4, 0.5) is 0 Å². The summed E-state index contributed by atoms with van der Waals surface area (Å²) >= 11 is 0. The van der Waals surface area contributed by atoms with Crippen molar-refractivity contribution in [2.24, 2.45) is 0 Å². The number of nitrogens with zero attached hydrogens (tertiary/aromatic N) is 1. The smallest absolute Gasteiger partial charge is 0.271 e. The van der Waals surface area contributed by atoms with Crippen LogP contribution in [0.5, 0.6) is 11.5 Å². The lowest BCUT2D eigenvalue weighted by atomic mass is 10.1. The number of aromatic nitrogens is 2. The average molecular weight is 333 g/mol. The molecule has 1 amide bonds. The second-order valence-corrected chi connectivity index (χ2v) is 5.70. The van der Waals surface area contributed by atoms with Crippen LogP contribution < -0.4 is 14.8 Å². The molecule has 0 bridgehead atoms. The first-order valence-electron chi connectivity index (χ1n) is 7.69. The van der Waals surface area contributed by atoms with Gasteiger partial charge in [0.25, 0.3) is 5.91 Å². The molecule has 7 heteroatoms. The maximum atomic E-state index is 12.1. The first kappa shape index (κ1) is 17.8. The minimum absolute atomic E-state index is 0.0340. The number of H-pyrrole nitrogens is 1. The highest BCUT2D eigenvalue weighted by molar-refractivity contribution is 5.92. The first-order chi connectivity index (χ1) is 11.5. The van der Waals surface area contributed by atoms with Crippen LogP contribution >= 0.6 is 0 Å². The van der Waals surface area contributed by atoms with Crippen molar-refractivity contribution >= 4 is 5.91 Å². The highest BCUT2D eigenvalue weighted by atomic mass is 16.5. The third kappa shape index (κ3) is 4.05. The molecule has 2 rings (SSSR count). The lowest BCUT2D eigenvalue weighted by Gasteiger charge is -2.16. The Bertz CT molecular complexity index is 697. The third-order valence-electron chi connectivity index (χ3n) is 3.70. The average Bonchev–Trinajstić information content (AvgIpc) is 3.09. The van der Waals surface area contributed by atoms with E-state index < -0.39 is 6.10 Å². The fraction of sp³-hybridized carbons (Fsp3) is 0.412. The van der Waals surface area contributed by atoms with Crippen molar-refractivity contribution in [1.29, 1.82) is 0 Å². The Morgan fingerprint density at radius 2 is 2.04 bits per heavy atom. The molecule has 2 aromatic rings. The summed E-state index contributed by atoms with van der Waals surface area (Å²) in [5, 5.41) is 19.8. The molecule has 1 heterocycles. The van der Waals surface area contributed by atoms with Crippen molar-refractivity contribution < 1.29 is 19.4 Å². The Kier molecular flexibility index (Phi) is 5.81. The van der Waals surface area contributed by atoms with Gasteiger partial charge in [-0.2, -0.15) is 5.10 Å². The first-order valence-corrected chi connectivity index (χ1v) is 7.69. The fourth-order valence-electron chi connectivity index (χ4n) is 2.24. The van der Waals surface area contributed by atoms with Crippen molar-refractivity contribution in [3.05, 3.63) is 41.2 Å². The third-order valence-corrected chi connectivity index (χ3v) is 3.70. The van der Waals surface area contributed by atoms with Crippen LogP contribution in [0.1, 0.15) is 47.6 Å². The van der Waals surface area contributed by atoms with E-state index in [1.807, 2.05) is 13.8 Å². The summed E-state index contributed by atoms with van der Waals surface area (Å²) in [4.78, 5) is 12.1. The standard InChI is InChI=1S/C17H23N3O4/c1-10(2)13-8-14(20-19-13)17(22)18-9-15(21)12-7-11(23-3)5-6-16(12)24-4/h5-8,10,15,21H,9H2,1-4H3,(H,18,22)(H,19,20). The van der Waals surface area contributed by atoms with Crippen LogP contribution in [0.15, 0.2) is 24.3 Å². The quantitative estimate of drug-likeness (QED) is 0.720. The van der Waals surface area contributed by atoms with E-state index in [-0.39, 0.29) is 18.4 Å². The summed E-state index contributed by atoms with van der Waals surface area (Å²) < 4.78 is 10.4. The SMILES string of the molecule is COc1ccc(OC)c(C(O)CNC(=O)c2cc(C(C)C)[nH]n2)c1. The van der Waals surface area contributed by atoms with Crippen LogP contribution in [0.3, 0.4) is 0 Å². The van der Waals surface area contributed by atoms with E-state index in [9.17, 15) is 9.90 Å². The number of aliphatic hydroxyl groups excluding tert-OH is 1. The van der Waals surface area contributed by atoms with Gasteiger partial charge in [-0.15, -0.1) is 0 Å². The zero-order valence-electron chi connectivity index (χ0n) is 14.3. The van der Waals surface area contributed by atoms with Crippen molar-refractivity contribution in [2.75, 3.05) is 20.8 Å². The number of hydrogen-bond donors (Lipinski definition) is 3. The molecule has 7 nitrogen and oxygen atoms in total. The summed E-state index contributed by atoms with van der Waals surface area (Å²) in [7, 11) is 3.07. The van der Waals surface area contributed by atoms with Gasteiger partial charge >= 0.3 is 0 Å². The molecule has 0 saturated heterocycles. The highest BCUT2D eigenvalue weighted by Gasteiger charge is 2.17. The second-order valence-electron chi connectivity index (χ2n) is 5.70. The number of nitrogens with one attached hydrogen (secondary N) is 2. The van der Waals surface area contributed by atoms with Crippen LogP contribution in [-0.2, 0) is 0 Å². The van der Waals surface area contributed by atoms with E-state index in [0.717, 1.165) is 5.69 Å². The molecule has 0 aliphatic heterocycles. The molecule has 1 aromatic heterocycles. The lowest BCUT2D eigenvalue weighted by molar-refractivity contribution is 0.0909. The van der Waals surface area contributed by atoms with Gasteiger partial charge in [0.05, 0.1) is 14.2 Å². The molecule has 1 atom stereocenters. The van der Waals surface area contributed by atoms with Crippen LogP contribution in [-0.4, -0.2) is 42.0 Å². The minimum atomic E-state index is -0.928. The van der Waals surface area contributed by atoms with Crippen LogP contribution in [0.25, 0.3) is 0 Å². The number of benzene rings is 1. The van der Waals surface area contributed by atoms with E-state index in [1.54, 1.807) is 31.4 Å². The van der Waals surface area contributed by atoms with Gasteiger partial charge in [0.15, 0.2) is 0 Å². The number of rotatable bonds is 7. The summed E-state index contributed by atoms with van der Waals surface area (Å²) in [6, 6.07) is 6.84. The summed E-state index contributed by atoms with van der Waals surface area (Å²) in [5.41, 5.74) is 1.72. The fourth-order valence-corrected chi connectivity index (χ4v) is 2.24. The summed E-state index contributed by atoms with van der Waals surface area (Å²) in [5.74, 6) is 1.04. The Morgan fingerprint density at radius 1 is 1.29 bits per heavy atom. The second kappa shape index (κ2) is 7.83. The van der Waals surface area contributed by atoms with Crippen molar-refractivity contribution in [2.45, 2.75) is 25.9 Å². The number of ether oxygens (including phenoxy) is 2. The van der Waals surface area contributed by atoms with Gasteiger partial charge in [-0.3, -0.25) is 9.89 Å². The number of amides is 1. The van der Waals surface area contributed by atoms with Crippen molar-refractivity contribution in [3.63, 3.8) is 0 Å². The Balaban J connectivity index is 2.04. The minimum Gasteiger partial charge on any atom is -0.497 e. The van der Waals surface area contributed by atoms with Gasteiger partial charge in [-0.1, -0.05) is 13.8 Å². The maximum Gasteiger partial charge on any atom is 0.271 e. The molecule has 1 unspecified atom stereocenters. The highest BCUT2D eigenvalue weighted by Crippen LogP contribution is 2.29. The summed E-state index contributed by atoms with van der Waals surface area (Å²) in [6.07, 6.45) is -0.928. The number of methoxy groups -OCH3 is 2. The van der Waals surface area contributed by atoms with E-state index in [1.165, 1.54) is 7.11 Å². The Hall–Kier alpha value is -2.54. The molecule has 130 valence electrons. The van der Waals surface area contributed by atoms with Crippen LogP contribution in [0, 0.1) is 0 Å². The molecule has 3 N–H and O–H groups in total. The topological polar surface area (TPSA) is 96.5 Å². The number of carbonyl (C=O) groups excluding carboxylic acids is 1. The van der Waals surface area contributed by atoms with Gasteiger partial charge < -0.3 is 19.9 Å². The Morgan fingerprint density at radius 3 is 2.62 bits per heavy atom. The molecule has 0 radical (unpaired) electrons. The molecular formula is C17H23N3O4. The number of aromatic amines is 1. The number of hydrogen-bond acceptors (Lipinski definition) is 5. The molecule has 0 spiro atoms. The predicted molar refractivity (Wildman–Crippen MR) is 89.5 cm³/mol. The van der Waals surface area contributed by atoms with Gasteiger partial charge in [-0.25, -0.2) is 0 Å². The van der Waals surface area contributed by atoms with E-state index in [0.29, 0.717) is 22.8 Å². The maximum absolute atomic E-state index is 12.1. The zero-order chi connectivity index (χ0) is 17.7. The monoisotopic (exact) mass is 333 g/mol. The molecule has 0 saturated carbocycles. The van der Waals surface area contributed by atoms with Gasteiger partial charge in [0.2, 0.25) is 0 Å². The van der Waals surface area contributed by atoms with Crippen molar-refractivity contribution in [3.8, 4) is 11.5 Å². The number of aliphatic hydroxyl groups is 1. The number of carbonyl (C=O) groups is 1. The predicted octanol–water partition coefficient (Wildman–Crippen LogP) is 2.01. The molecule has 0 aliphatic carbocycles. The molecule has 1 aromatic carbocycles. The lowest BCUT2D eigenvalue weighted by Crippen LogP contribution is -2.28. The van der Waals surface area contributed by atoms with Gasteiger partial charge in [0.1, 0.15) is 23.3 Å². The van der Waals surface area contributed by atoms with Gasteiger partial charge in [0, 0.05) is 17.8 Å². The molecule has 24 heavy (non-hydrogen) atoms. The molecular weight excluding hydrogens is 310 g/mol. The van der Waals surface area contributed by atoms with E-state index in [4.69, 9.17) is 9.47 Å². The van der Waals surface area contributed by atoms with Gasteiger partial charge in [-0.05, 0) is 30.2 Å². The largest absolute Gasteiger partial charge is 0.497 e. The normalized spacial score (nSPS) is 12.1. The molecule has 0 fully saturated rings.